The Bertz CT molecular complexity index is 815. The number of carbonyl (C=O) groups excluding carboxylic acids is 1. The Labute approximate surface area is 146 Å². The van der Waals surface area contributed by atoms with E-state index in [1.54, 1.807) is 24.3 Å². The lowest BCUT2D eigenvalue weighted by Crippen LogP contribution is -2.20. The fourth-order valence-corrected chi connectivity index (χ4v) is 2.40. The maximum Gasteiger partial charge on any atom is 0.290 e. The van der Waals surface area contributed by atoms with Crippen LogP contribution in [-0.2, 0) is 0 Å². The third-order valence-electron chi connectivity index (χ3n) is 3.84. The maximum atomic E-state index is 11.3. The molecular formula is C17H19N7O. The lowest BCUT2D eigenvalue weighted by Gasteiger charge is -2.10. The van der Waals surface area contributed by atoms with E-state index in [4.69, 9.17) is 10.5 Å². The number of rotatable bonds is 2. The maximum absolute atomic E-state index is 11.3. The van der Waals surface area contributed by atoms with Gasteiger partial charge < -0.3 is 10.2 Å². The summed E-state index contributed by atoms with van der Waals surface area (Å²) < 4.78 is 1.45. The minimum atomic E-state index is -0.347. The van der Waals surface area contributed by atoms with Gasteiger partial charge in [-0.1, -0.05) is 6.07 Å². The third kappa shape index (κ3) is 4.55. The van der Waals surface area contributed by atoms with Crippen LogP contribution in [0, 0.1) is 22.8 Å². The van der Waals surface area contributed by atoms with Crippen LogP contribution in [0.25, 0.3) is 5.69 Å². The number of likely N-dealkylation sites (tertiary alicyclic amines) is 1. The highest BCUT2D eigenvalue weighted by atomic mass is 16.2. The average molecular weight is 337 g/mol. The van der Waals surface area contributed by atoms with Crippen molar-refractivity contribution in [1.29, 1.82) is 10.5 Å². The van der Waals surface area contributed by atoms with Crippen molar-refractivity contribution in [2.45, 2.75) is 25.8 Å². The largest absolute Gasteiger partial charge is 0.352 e. The number of nitriles is 2. The van der Waals surface area contributed by atoms with Crippen LogP contribution in [0.3, 0.4) is 0 Å². The summed E-state index contributed by atoms with van der Waals surface area (Å²) in [5.41, 5.74) is 1.21. The van der Waals surface area contributed by atoms with Gasteiger partial charge in [0.1, 0.15) is 6.33 Å². The zero-order valence-corrected chi connectivity index (χ0v) is 14.2. The van der Waals surface area contributed by atoms with Crippen LogP contribution < -0.4 is 5.32 Å². The minimum Gasteiger partial charge on any atom is -0.352 e. The summed E-state index contributed by atoms with van der Waals surface area (Å²) in [6, 6.07) is 9.43. The summed E-state index contributed by atoms with van der Waals surface area (Å²) in [6.45, 7) is 3.06. The van der Waals surface area contributed by atoms with Crippen molar-refractivity contribution in [3.8, 4) is 17.9 Å². The zero-order chi connectivity index (χ0) is 18.2. The molecule has 2 aromatic rings. The van der Waals surface area contributed by atoms with E-state index in [-0.39, 0.29) is 11.7 Å². The predicted molar refractivity (Wildman–Crippen MR) is 90.5 cm³/mol. The molecule has 1 atom stereocenters. The van der Waals surface area contributed by atoms with Crippen molar-refractivity contribution in [1.82, 2.24) is 25.0 Å². The number of hydrogen-bond donors (Lipinski definition) is 1. The van der Waals surface area contributed by atoms with Gasteiger partial charge in [-0.3, -0.25) is 4.79 Å². The first-order valence-corrected chi connectivity index (χ1v) is 7.89. The molecule has 1 fully saturated rings. The van der Waals surface area contributed by atoms with Gasteiger partial charge in [0.25, 0.3) is 5.91 Å². The van der Waals surface area contributed by atoms with E-state index >= 15 is 0 Å². The van der Waals surface area contributed by atoms with E-state index in [1.807, 2.05) is 11.0 Å². The molecule has 0 bridgehead atoms. The van der Waals surface area contributed by atoms with Gasteiger partial charge in [0.15, 0.2) is 6.19 Å². The Hall–Kier alpha value is -3.39. The van der Waals surface area contributed by atoms with Crippen molar-refractivity contribution >= 4 is 5.91 Å². The van der Waals surface area contributed by atoms with Crippen LogP contribution in [0.2, 0.25) is 0 Å². The van der Waals surface area contributed by atoms with Gasteiger partial charge in [0.05, 0.1) is 17.3 Å². The van der Waals surface area contributed by atoms with Crippen molar-refractivity contribution in [3.05, 3.63) is 42.0 Å². The number of amides is 1. The van der Waals surface area contributed by atoms with Crippen LogP contribution in [0.15, 0.2) is 30.6 Å². The number of hydrogen-bond acceptors (Lipinski definition) is 6. The normalized spacial score (nSPS) is 15.5. The summed E-state index contributed by atoms with van der Waals surface area (Å²) in [5, 5.41) is 23.6. The molecular weight excluding hydrogens is 318 g/mol. The highest BCUT2D eigenvalue weighted by molar-refractivity contribution is 5.89. The molecule has 1 saturated heterocycles. The molecule has 128 valence electrons. The van der Waals surface area contributed by atoms with Gasteiger partial charge in [-0.15, -0.1) is 5.10 Å². The molecule has 8 heteroatoms. The van der Waals surface area contributed by atoms with E-state index in [0.717, 1.165) is 6.54 Å². The van der Waals surface area contributed by atoms with Crippen LogP contribution in [0.4, 0.5) is 0 Å². The average Bonchev–Trinajstić information content (AvgIpc) is 3.30. The zero-order valence-electron chi connectivity index (χ0n) is 14.2. The summed E-state index contributed by atoms with van der Waals surface area (Å²) in [5.74, 6) is -0.255. The molecule has 1 aliphatic heterocycles. The highest BCUT2D eigenvalue weighted by Crippen LogP contribution is 2.13. The Morgan fingerprint density at radius 1 is 1.40 bits per heavy atom. The lowest BCUT2D eigenvalue weighted by molar-refractivity contribution is 0.0953. The number of benzene rings is 1. The molecule has 1 N–H and O–H groups in total. The molecule has 8 nitrogen and oxygen atoms in total. The smallest absolute Gasteiger partial charge is 0.290 e. The van der Waals surface area contributed by atoms with Gasteiger partial charge in [0.2, 0.25) is 5.82 Å². The summed E-state index contributed by atoms with van der Waals surface area (Å²) in [4.78, 5) is 17.0. The molecule has 1 unspecified atom stereocenters. The molecule has 0 saturated carbocycles. The fraction of sp³-hybridized carbons (Fsp3) is 0.353. The number of carbonyl (C=O) groups is 1. The molecule has 0 aliphatic carbocycles. The van der Waals surface area contributed by atoms with E-state index in [9.17, 15) is 4.79 Å². The fourth-order valence-electron chi connectivity index (χ4n) is 2.40. The quantitative estimate of drug-likeness (QED) is 0.830. The molecule has 1 aliphatic rings. The van der Waals surface area contributed by atoms with Gasteiger partial charge in [0, 0.05) is 19.6 Å². The molecule has 1 aromatic heterocycles. The van der Waals surface area contributed by atoms with Gasteiger partial charge in [-0.25, -0.2) is 9.67 Å². The van der Waals surface area contributed by atoms with E-state index in [0.29, 0.717) is 17.3 Å². The molecule has 1 aromatic carbocycles. The number of aromatic nitrogens is 3. The Morgan fingerprint density at radius 2 is 2.20 bits per heavy atom. The molecule has 2 heterocycles. The Kier molecular flexibility index (Phi) is 6.08. The summed E-state index contributed by atoms with van der Waals surface area (Å²) in [7, 11) is 1.51. The van der Waals surface area contributed by atoms with Crippen LogP contribution in [0.5, 0.6) is 0 Å². The van der Waals surface area contributed by atoms with Crippen molar-refractivity contribution in [3.63, 3.8) is 0 Å². The van der Waals surface area contributed by atoms with Crippen LogP contribution >= 0.6 is 0 Å². The molecule has 0 radical (unpaired) electrons. The van der Waals surface area contributed by atoms with Crippen LogP contribution in [0.1, 0.15) is 35.9 Å². The number of nitrogens with zero attached hydrogens (tertiary/aromatic N) is 6. The van der Waals surface area contributed by atoms with E-state index in [2.05, 4.69) is 28.5 Å². The van der Waals surface area contributed by atoms with Crippen molar-refractivity contribution in [2.75, 3.05) is 13.6 Å². The lowest BCUT2D eigenvalue weighted by atomic mass is 10.2. The number of nitrogens with one attached hydrogen (secondary N) is 1. The molecule has 0 spiro atoms. The first-order valence-electron chi connectivity index (χ1n) is 7.89. The second kappa shape index (κ2) is 8.46. The van der Waals surface area contributed by atoms with Gasteiger partial charge in [-0.2, -0.15) is 10.5 Å². The summed E-state index contributed by atoms with van der Waals surface area (Å²) in [6.07, 6.45) is 5.96. The van der Waals surface area contributed by atoms with Crippen LogP contribution in [-0.4, -0.2) is 45.2 Å². The topological polar surface area (TPSA) is 111 Å². The molecule has 1 amide bonds. The van der Waals surface area contributed by atoms with Crippen molar-refractivity contribution in [2.24, 2.45) is 0 Å². The Balaban J connectivity index is 0.000000236. The second-order valence-electron chi connectivity index (χ2n) is 5.54. The highest BCUT2D eigenvalue weighted by Gasteiger charge is 2.17. The first kappa shape index (κ1) is 18.0. The van der Waals surface area contributed by atoms with Gasteiger partial charge in [-0.05, 0) is 38.0 Å². The summed E-state index contributed by atoms with van der Waals surface area (Å²) >= 11 is 0. The molecule has 3 rings (SSSR count). The SMILES string of the molecule is CC1CCCN1C#N.CNC(=O)c1ncn(-c2cccc(C#N)c2)n1. The predicted octanol–water partition coefficient (Wildman–Crippen LogP) is 1.45. The van der Waals surface area contributed by atoms with Crippen molar-refractivity contribution < 1.29 is 4.79 Å². The minimum absolute atomic E-state index is 0.0925. The first-order chi connectivity index (χ1) is 12.1. The second-order valence-corrected chi connectivity index (χ2v) is 5.54. The van der Waals surface area contributed by atoms with E-state index in [1.165, 1.54) is 30.9 Å². The molecule has 25 heavy (non-hydrogen) atoms. The standard InChI is InChI=1S/C11H9N5O.C6H10N2/c1-13-11(17)10-14-7-16(15-10)9-4-2-3-8(5-9)6-12;1-6-3-2-4-8(6)5-7/h2-5,7H,1H3,(H,13,17);6H,2-4H2,1H3. The monoisotopic (exact) mass is 337 g/mol. The van der Waals surface area contributed by atoms with Gasteiger partial charge >= 0.3 is 0 Å². The van der Waals surface area contributed by atoms with E-state index < -0.39 is 0 Å². The Morgan fingerprint density at radius 3 is 2.76 bits per heavy atom. The third-order valence-corrected chi connectivity index (χ3v) is 3.84.